The van der Waals surface area contributed by atoms with Crippen LogP contribution in [0.5, 0.6) is 0 Å². The van der Waals surface area contributed by atoms with Crippen LogP contribution in [-0.4, -0.2) is 11.5 Å². The van der Waals surface area contributed by atoms with Gasteiger partial charge in [-0.25, -0.2) is 8.78 Å². The van der Waals surface area contributed by atoms with Gasteiger partial charge < -0.3 is 5.32 Å². The predicted octanol–water partition coefficient (Wildman–Crippen LogP) is 3.62. The smallest absolute Gasteiger partial charge is 0.126 e. The molecule has 0 bridgehead atoms. The summed E-state index contributed by atoms with van der Waals surface area (Å²) in [6, 6.07) is 5.30. The Bertz CT molecular complexity index is 564. The van der Waals surface area contributed by atoms with Crippen molar-refractivity contribution in [2.75, 3.05) is 6.54 Å². The first-order chi connectivity index (χ1) is 9.65. The molecule has 1 atom stereocenters. The molecule has 2 rings (SSSR count). The van der Waals surface area contributed by atoms with E-state index in [2.05, 4.69) is 10.3 Å². The van der Waals surface area contributed by atoms with E-state index in [1.54, 1.807) is 12.4 Å². The third-order valence-electron chi connectivity index (χ3n) is 3.26. The fourth-order valence-corrected chi connectivity index (χ4v) is 2.37. The second-order valence-corrected chi connectivity index (χ2v) is 4.62. The summed E-state index contributed by atoms with van der Waals surface area (Å²) in [7, 11) is 0. The molecule has 0 amide bonds. The van der Waals surface area contributed by atoms with Crippen LogP contribution in [0.3, 0.4) is 0 Å². The highest BCUT2D eigenvalue weighted by molar-refractivity contribution is 5.36. The molecule has 1 aromatic heterocycles. The fraction of sp³-hybridized carbons (Fsp3) is 0.312. The molecule has 0 saturated heterocycles. The average Bonchev–Trinajstić information content (AvgIpc) is 2.43. The number of aromatic nitrogens is 1. The lowest BCUT2D eigenvalue weighted by Gasteiger charge is -2.21. The molecule has 4 heteroatoms. The Kier molecular flexibility index (Phi) is 4.79. The van der Waals surface area contributed by atoms with E-state index in [0.717, 1.165) is 23.6 Å². The van der Waals surface area contributed by atoms with Crippen LogP contribution in [0.1, 0.15) is 36.6 Å². The van der Waals surface area contributed by atoms with E-state index >= 15 is 0 Å². The molecule has 0 radical (unpaired) electrons. The Labute approximate surface area is 117 Å². The summed E-state index contributed by atoms with van der Waals surface area (Å²) in [5.41, 5.74) is 2.67. The van der Waals surface area contributed by atoms with Crippen LogP contribution in [0.2, 0.25) is 0 Å². The second-order valence-electron chi connectivity index (χ2n) is 4.62. The first-order valence-electron chi connectivity index (χ1n) is 6.77. The highest BCUT2D eigenvalue weighted by atomic mass is 19.1. The minimum Gasteiger partial charge on any atom is -0.307 e. The van der Waals surface area contributed by atoms with E-state index in [1.807, 2.05) is 19.9 Å². The number of benzene rings is 1. The first kappa shape index (κ1) is 14.6. The van der Waals surface area contributed by atoms with Crippen molar-refractivity contribution in [3.8, 4) is 0 Å². The number of halogens is 2. The van der Waals surface area contributed by atoms with Gasteiger partial charge in [-0.05, 0) is 47.9 Å². The molecule has 1 N–H and O–H groups in total. The van der Waals surface area contributed by atoms with Crippen molar-refractivity contribution in [3.05, 3.63) is 65.0 Å². The number of hydrogen-bond donors (Lipinski definition) is 1. The SMILES string of the molecule is CCNC(c1cc(F)cc(F)c1)c1ccncc1CC. The van der Waals surface area contributed by atoms with Crippen LogP contribution < -0.4 is 5.32 Å². The van der Waals surface area contributed by atoms with Gasteiger partial charge in [-0.3, -0.25) is 4.98 Å². The van der Waals surface area contributed by atoms with Crippen LogP contribution >= 0.6 is 0 Å². The maximum atomic E-state index is 13.4. The summed E-state index contributed by atoms with van der Waals surface area (Å²) < 4.78 is 26.9. The number of pyridine rings is 1. The minimum absolute atomic E-state index is 0.233. The Balaban J connectivity index is 2.50. The van der Waals surface area contributed by atoms with E-state index in [9.17, 15) is 8.78 Å². The maximum absolute atomic E-state index is 13.4. The third kappa shape index (κ3) is 3.20. The van der Waals surface area contributed by atoms with Crippen molar-refractivity contribution >= 4 is 0 Å². The van der Waals surface area contributed by atoms with E-state index in [0.29, 0.717) is 12.1 Å². The highest BCUT2D eigenvalue weighted by Crippen LogP contribution is 2.26. The van der Waals surface area contributed by atoms with E-state index < -0.39 is 11.6 Å². The lowest BCUT2D eigenvalue weighted by molar-refractivity contribution is 0.564. The molecular formula is C16H18F2N2. The van der Waals surface area contributed by atoms with Gasteiger partial charge in [0.25, 0.3) is 0 Å². The van der Waals surface area contributed by atoms with Crippen LogP contribution in [0.15, 0.2) is 36.7 Å². The quantitative estimate of drug-likeness (QED) is 0.902. The van der Waals surface area contributed by atoms with Gasteiger partial charge >= 0.3 is 0 Å². The third-order valence-corrected chi connectivity index (χ3v) is 3.26. The van der Waals surface area contributed by atoms with E-state index in [-0.39, 0.29) is 6.04 Å². The molecule has 0 aliphatic rings. The summed E-state index contributed by atoms with van der Waals surface area (Å²) in [6.07, 6.45) is 4.33. The summed E-state index contributed by atoms with van der Waals surface area (Å²) in [4.78, 5) is 4.11. The van der Waals surface area contributed by atoms with Gasteiger partial charge in [-0.15, -0.1) is 0 Å². The van der Waals surface area contributed by atoms with Gasteiger partial charge in [-0.2, -0.15) is 0 Å². The molecule has 0 aliphatic carbocycles. The summed E-state index contributed by atoms with van der Waals surface area (Å²) in [5.74, 6) is -1.12. The zero-order valence-corrected chi connectivity index (χ0v) is 11.7. The zero-order valence-electron chi connectivity index (χ0n) is 11.7. The second kappa shape index (κ2) is 6.57. The molecule has 1 unspecified atom stereocenters. The summed E-state index contributed by atoms with van der Waals surface area (Å²) in [5, 5.41) is 3.28. The number of nitrogens with one attached hydrogen (secondary N) is 1. The molecule has 106 valence electrons. The average molecular weight is 276 g/mol. The standard InChI is InChI=1S/C16H18F2N2/c1-3-11-10-19-6-5-15(11)16(20-4-2)12-7-13(17)9-14(18)8-12/h5-10,16,20H,3-4H2,1-2H3. The van der Waals surface area contributed by atoms with Gasteiger partial charge in [-0.1, -0.05) is 13.8 Å². The summed E-state index contributed by atoms with van der Waals surface area (Å²) >= 11 is 0. The Morgan fingerprint density at radius 1 is 1.15 bits per heavy atom. The molecule has 0 fully saturated rings. The molecule has 1 aromatic carbocycles. The monoisotopic (exact) mass is 276 g/mol. The van der Waals surface area contributed by atoms with Crippen molar-refractivity contribution in [2.45, 2.75) is 26.3 Å². The van der Waals surface area contributed by atoms with Crippen molar-refractivity contribution in [1.29, 1.82) is 0 Å². The molecular weight excluding hydrogens is 258 g/mol. The highest BCUT2D eigenvalue weighted by Gasteiger charge is 2.17. The Morgan fingerprint density at radius 2 is 1.85 bits per heavy atom. The molecule has 2 nitrogen and oxygen atoms in total. The van der Waals surface area contributed by atoms with Crippen LogP contribution in [0.4, 0.5) is 8.78 Å². The molecule has 1 heterocycles. The molecule has 0 spiro atoms. The molecule has 2 aromatic rings. The van der Waals surface area contributed by atoms with Gasteiger partial charge in [0.1, 0.15) is 11.6 Å². The van der Waals surface area contributed by atoms with Crippen LogP contribution in [0.25, 0.3) is 0 Å². The largest absolute Gasteiger partial charge is 0.307 e. The van der Waals surface area contributed by atoms with Crippen molar-refractivity contribution in [3.63, 3.8) is 0 Å². The predicted molar refractivity (Wildman–Crippen MR) is 75.5 cm³/mol. The van der Waals surface area contributed by atoms with Crippen molar-refractivity contribution in [1.82, 2.24) is 10.3 Å². The fourth-order valence-electron chi connectivity index (χ4n) is 2.37. The lowest BCUT2D eigenvalue weighted by Crippen LogP contribution is -2.23. The van der Waals surface area contributed by atoms with E-state index in [1.165, 1.54) is 12.1 Å². The van der Waals surface area contributed by atoms with Crippen LogP contribution in [0, 0.1) is 11.6 Å². The van der Waals surface area contributed by atoms with Crippen molar-refractivity contribution in [2.24, 2.45) is 0 Å². The summed E-state index contributed by atoms with van der Waals surface area (Å²) in [6.45, 7) is 4.71. The number of rotatable bonds is 5. The maximum Gasteiger partial charge on any atom is 0.126 e. The number of aryl methyl sites for hydroxylation is 1. The number of hydrogen-bond acceptors (Lipinski definition) is 2. The molecule has 0 aliphatic heterocycles. The van der Waals surface area contributed by atoms with E-state index in [4.69, 9.17) is 0 Å². The minimum atomic E-state index is -0.560. The van der Waals surface area contributed by atoms with Gasteiger partial charge in [0.15, 0.2) is 0 Å². The van der Waals surface area contributed by atoms with Gasteiger partial charge in [0.2, 0.25) is 0 Å². The van der Waals surface area contributed by atoms with Gasteiger partial charge in [0.05, 0.1) is 6.04 Å². The Hall–Kier alpha value is -1.81. The van der Waals surface area contributed by atoms with Gasteiger partial charge in [0, 0.05) is 18.5 Å². The normalized spacial score (nSPS) is 12.4. The van der Waals surface area contributed by atoms with Crippen molar-refractivity contribution < 1.29 is 8.78 Å². The molecule has 0 saturated carbocycles. The topological polar surface area (TPSA) is 24.9 Å². The van der Waals surface area contributed by atoms with Crippen LogP contribution in [-0.2, 0) is 6.42 Å². The zero-order chi connectivity index (χ0) is 14.5. The number of nitrogens with zero attached hydrogens (tertiary/aromatic N) is 1. The lowest BCUT2D eigenvalue weighted by atomic mass is 9.94. The first-order valence-corrected chi connectivity index (χ1v) is 6.77. The molecule has 20 heavy (non-hydrogen) atoms. The Morgan fingerprint density at radius 3 is 2.45 bits per heavy atom.